The van der Waals surface area contributed by atoms with Crippen molar-refractivity contribution < 1.29 is 0 Å². The molecule has 9 aromatic carbocycles. The summed E-state index contributed by atoms with van der Waals surface area (Å²) in [5, 5.41) is 14.4. The predicted molar refractivity (Wildman–Crippen MR) is 269 cm³/mol. The smallest absolute Gasteiger partial charge is 0.0422 e. The molecule has 9 rings (SSSR count). The molecule has 0 spiro atoms. The fraction of sp³-hybridized carbons (Fsp3) is 0. The van der Waals surface area contributed by atoms with Gasteiger partial charge in [0.25, 0.3) is 0 Å². The molecule has 0 amide bonds. The molecule has 0 heterocycles. The molecule has 0 aliphatic rings. The van der Waals surface area contributed by atoms with Crippen LogP contribution >= 0.6 is 31.7 Å². The first-order valence-electron chi connectivity index (χ1n) is 20.1. The monoisotopic (exact) mass is 838 g/mol. The molecule has 0 nitrogen and oxygen atoms in total. The quantitative estimate of drug-likeness (QED) is 0.0901. The average molecular weight is 839 g/mol. The van der Waals surface area contributed by atoms with E-state index in [-0.39, 0.29) is 0 Å². The first kappa shape index (κ1) is 39.7. The maximum Gasteiger partial charge on any atom is 0.0422 e. The third kappa shape index (κ3) is 8.89. The lowest BCUT2D eigenvalue weighted by molar-refractivity contribution is 1.73. The van der Waals surface area contributed by atoms with E-state index in [4.69, 9.17) is 0 Å². The van der Waals surface area contributed by atoms with Crippen molar-refractivity contribution in [3.63, 3.8) is 0 Å². The van der Waals surface area contributed by atoms with Gasteiger partial charge >= 0.3 is 0 Å². The van der Waals surface area contributed by atoms with E-state index in [0.717, 1.165) is 5.56 Å². The number of benzene rings is 9. The minimum Gasteiger partial charge on any atom is -0.0622 e. The molecular weight excluding hydrogens is 797 g/mol. The molecule has 0 saturated heterocycles. The van der Waals surface area contributed by atoms with Crippen LogP contribution in [0, 0.1) is 11.6 Å². The Hall–Kier alpha value is -5.74. The van der Waals surface area contributed by atoms with Crippen LogP contribution in [0.4, 0.5) is 0 Å². The summed E-state index contributed by atoms with van der Waals surface area (Å²) in [4.78, 5) is 0. The maximum atomic E-state index is 4.14. The van der Waals surface area contributed by atoms with Crippen LogP contribution in [0.3, 0.4) is 0 Å². The number of hydrogen-bond acceptors (Lipinski definition) is 0. The lowest BCUT2D eigenvalue weighted by Crippen LogP contribution is -2.40. The van der Waals surface area contributed by atoms with Crippen molar-refractivity contribution >= 4 is 90.0 Å². The normalized spacial score (nSPS) is 11.1. The van der Waals surface area contributed by atoms with Gasteiger partial charge in [-0.1, -0.05) is 266 Å². The minimum atomic E-state index is -1.09. The second kappa shape index (κ2) is 19.5. The Balaban J connectivity index is 1.44. The van der Waals surface area contributed by atoms with Crippen LogP contribution < -0.4 is 58.3 Å². The Bertz CT molecular complexity index is 2640. The first-order valence-corrected chi connectivity index (χ1v) is 25.5. The Morgan fingerprint density at radius 1 is 0.233 bits per heavy atom. The highest BCUT2D eigenvalue weighted by Gasteiger charge is 2.32. The van der Waals surface area contributed by atoms with Crippen molar-refractivity contribution in [2.45, 2.75) is 0 Å². The Kier molecular flexibility index (Phi) is 12.9. The molecule has 0 saturated carbocycles. The Morgan fingerprint density at radius 3 is 0.800 bits per heavy atom. The SMILES string of the molecule is C(#CP(c1ccccc1)c1ccccc1)c1c(P(c2ccccc2)c2ccccc2)ccc(P(c2ccccc2)c2ccccc2)c1P(c1ccccc1)c1ccccc1. The summed E-state index contributed by atoms with van der Waals surface area (Å²) in [6, 6.07) is 93.6. The molecule has 9 aromatic rings. The molecule has 0 aliphatic heterocycles. The standard InChI is InChI=1S/C56H42P4/c1-9-25-45(26-10-1)57(46-27-11-2-12-28-46)44-43-53-54(58(47-29-13-3-14-30-47)48-31-15-4-16-32-48)41-42-55(59(49-33-17-5-18-34-49)50-35-19-6-20-36-50)56(53)60(51-37-21-7-22-38-51)52-39-23-8-24-40-52/h1-42H. The van der Waals surface area contributed by atoms with Crippen molar-refractivity contribution in [1.29, 1.82) is 0 Å². The first-order chi connectivity index (χ1) is 29.8. The summed E-state index contributed by atoms with van der Waals surface area (Å²) in [6.07, 6.45) is 0. The summed E-state index contributed by atoms with van der Waals surface area (Å²) < 4.78 is 0. The second-order valence-corrected chi connectivity index (χ2v) is 22.5. The van der Waals surface area contributed by atoms with Crippen LogP contribution in [0.2, 0.25) is 0 Å². The molecule has 0 bridgehead atoms. The summed E-state index contributed by atoms with van der Waals surface area (Å²) in [5.74, 6) is 4.14. The fourth-order valence-corrected chi connectivity index (χ4v) is 17.2. The highest BCUT2D eigenvalue weighted by atomic mass is 31.1. The van der Waals surface area contributed by atoms with Crippen molar-refractivity contribution in [2.75, 3.05) is 0 Å². The lowest BCUT2D eigenvalue weighted by atomic mass is 10.2. The zero-order valence-corrected chi connectivity index (χ0v) is 36.6. The van der Waals surface area contributed by atoms with E-state index in [1.54, 1.807) is 0 Å². The third-order valence-corrected chi connectivity index (χ3v) is 19.9. The molecule has 60 heavy (non-hydrogen) atoms. The van der Waals surface area contributed by atoms with E-state index >= 15 is 0 Å². The summed E-state index contributed by atoms with van der Waals surface area (Å²) in [6.45, 7) is 0. The van der Waals surface area contributed by atoms with Gasteiger partial charge in [-0.2, -0.15) is 0 Å². The fourth-order valence-electron chi connectivity index (χ4n) is 7.55. The molecule has 4 heteroatoms. The molecule has 0 unspecified atom stereocenters. The summed E-state index contributed by atoms with van der Waals surface area (Å²) in [5.41, 5.74) is 5.21. The van der Waals surface area contributed by atoms with Gasteiger partial charge in [-0.3, -0.25) is 0 Å². The number of hydrogen-bond donors (Lipinski definition) is 0. The van der Waals surface area contributed by atoms with Gasteiger partial charge in [0.1, 0.15) is 0 Å². The molecular formula is C56H42P4. The van der Waals surface area contributed by atoms with Crippen molar-refractivity contribution in [1.82, 2.24) is 0 Å². The van der Waals surface area contributed by atoms with Gasteiger partial charge in [0.15, 0.2) is 0 Å². The topological polar surface area (TPSA) is 0 Å². The molecule has 286 valence electrons. The van der Waals surface area contributed by atoms with E-state index in [2.05, 4.69) is 266 Å². The molecule has 0 aliphatic carbocycles. The Labute approximate surface area is 360 Å². The summed E-state index contributed by atoms with van der Waals surface area (Å²) in [7, 11) is -4.09. The van der Waals surface area contributed by atoms with Gasteiger partial charge < -0.3 is 0 Å². The van der Waals surface area contributed by atoms with E-state index in [1.165, 1.54) is 58.3 Å². The second-order valence-electron chi connectivity index (χ2n) is 14.1. The Morgan fingerprint density at radius 2 is 0.483 bits per heavy atom. The third-order valence-electron chi connectivity index (χ3n) is 10.2. The van der Waals surface area contributed by atoms with E-state index in [0.29, 0.717) is 0 Å². The number of rotatable bonds is 11. The van der Waals surface area contributed by atoms with Gasteiger partial charge in [0.05, 0.1) is 0 Å². The van der Waals surface area contributed by atoms with Crippen molar-refractivity contribution in [3.05, 3.63) is 260 Å². The van der Waals surface area contributed by atoms with Gasteiger partial charge in [-0.05, 0) is 71.5 Å². The largest absolute Gasteiger partial charge is 0.0622 e. The molecule has 0 aromatic heterocycles. The molecule has 0 N–H and O–H groups in total. The van der Waals surface area contributed by atoms with Crippen LogP contribution in [-0.2, 0) is 0 Å². The zero-order valence-electron chi connectivity index (χ0n) is 33.0. The van der Waals surface area contributed by atoms with Gasteiger partial charge in [0.2, 0.25) is 0 Å². The van der Waals surface area contributed by atoms with Crippen LogP contribution in [0.15, 0.2) is 255 Å². The van der Waals surface area contributed by atoms with Gasteiger partial charge in [-0.15, -0.1) is 0 Å². The highest BCUT2D eigenvalue weighted by molar-refractivity contribution is 7.86. The van der Waals surface area contributed by atoms with Crippen LogP contribution in [0.25, 0.3) is 0 Å². The maximum absolute atomic E-state index is 4.14. The van der Waals surface area contributed by atoms with Gasteiger partial charge in [-0.25, -0.2) is 0 Å². The molecule has 0 fully saturated rings. The van der Waals surface area contributed by atoms with E-state index in [1.807, 2.05) is 0 Å². The highest BCUT2D eigenvalue weighted by Crippen LogP contribution is 2.43. The van der Waals surface area contributed by atoms with E-state index in [9.17, 15) is 0 Å². The predicted octanol–water partition coefficient (Wildman–Crippen LogP) is 9.40. The van der Waals surface area contributed by atoms with Crippen LogP contribution in [0.5, 0.6) is 0 Å². The minimum absolute atomic E-state index is 0.989. The van der Waals surface area contributed by atoms with Gasteiger partial charge in [0, 0.05) is 24.1 Å². The molecule has 0 atom stereocenters. The average Bonchev–Trinajstić information content (AvgIpc) is 3.33. The lowest BCUT2D eigenvalue weighted by Gasteiger charge is -2.31. The van der Waals surface area contributed by atoms with Crippen LogP contribution in [-0.4, -0.2) is 0 Å². The van der Waals surface area contributed by atoms with Crippen LogP contribution in [0.1, 0.15) is 5.56 Å². The zero-order chi connectivity index (χ0) is 40.4. The van der Waals surface area contributed by atoms with Crippen molar-refractivity contribution in [3.8, 4) is 11.6 Å². The van der Waals surface area contributed by atoms with E-state index < -0.39 is 31.7 Å². The summed E-state index contributed by atoms with van der Waals surface area (Å²) >= 11 is 0. The molecule has 0 radical (unpaired) electrons. The van der Waals surface area contributed by atoms with Crippen molar-refractivity contribution in [2.24, 2.45) is 0 Å².